The van der Waals surface area contributed by atoms with Crippen LogP contribution in [-0.2, 0) is 11.2 Å². The molecule has 2 aromatic carbocycles. The molecular formula is C19H19N3O2. The molecule has 24 heavy (non-hydrogen) atoms. The van der Waals surface area contributed by atoms with Gasteiger partial charge in [-0.2, -0.15) is 0 Å². The second-order valence-corrected chi connectivity index (χ2v) is 5.67. The van der Waals surface area contributed by atoms with Crippen molar-refractivity contribution in [1.29, 1.82) is 0 Å². The molecule has 0 aliphatic heterocycles. The summed E-state index contributed by atoms with van der Waals surface area (Å²) in [6.45, 7) is 1.99. The highest BCUT2D eigenvalue weighted by Crippen LogP contribution is 2.14. The second-order valence-electron chi connectivity index (χ2n) is 5.67. The number of nitrogens with one attached hydrogen (secondary N) is 3. The SMILES string of the molecule is CC(=O)Nc1cccc(C(=O)NCCc2ccc3cc[nH]c3c2)c1. The highest BCUT2D eigenvalue weighted by atomic mass is 16.2. The van der Waals surface area contributed by atoms with Crippen molar-refractivity contribution in [3.8, 4) is 0 Å². The fraction of sp³-hybridized carbons (Fsp3) is 0.158. The Balaban J connectivity index is 1.58. The molecule has 0 unspecified atom stereocenters. The average molecular weight is 321 g/mol. The van der Waals surface area contributed by atoms with E-state index in [1.54, 1.807) is 24.3 Å². The van der Waals surface area contributed by atoms with E-state index in [1.807, 2.05) is 12.3 Å². The average Bonchev–Trinajstić information content (AvgIpc) is 3.02. The summed E-state index contributed by atoms with van der Waals surface area (Å²) in [7, 11) is 0. The van der Waals surface area contributed by atoms with Crippen molar-refractivity contribution in [3.63, 3.8) is 0 Å². The van der Waals surface area contributed by atoms with Gasteiger partial charge in [0.1, 0.15) is 0 Å². The molecule has 1 aromatic heterocycles. The maximum absolute atomic E-state index is 12.2. The van der Waals surface area contributed by atoms with Gasteiger partial charge in [-0.05, 0) is 47.7 Å². The molecular weight excluding hydrogens is 302 g/mol. The van der Waals surface area contributed by atoms with Gasteiger partial charge in [0.25, 0.3) is 5.91 Å². The molecule has 0 aliphatic rings. The highest BCUT2D eigenvalue weighted by molar-refractivity contribution is 5.96. The molecule has 0 saturated heterocycles. The van der Waals surface area contributed by atoms with Crippen molar-refractivity contribution < 1.29 is 9.59 Å². The first kappa shape index (κ1) is 15.8. The molecule has 3 N–H and O–H groups in total. The Labute approximate surface area is 140 Å². The van der Waals surface area contributed by atoms with Crippen molar-refractivity contribution in [2.75, 3.05) is 11.9 Å². The summed E-state index contributed by atoms with van der Waals surface area (Å²) >= 11 is 0. The number of carbonyl (C=O) groups is 2. The van der Waals surface area contributed by atoms with E-state index >= 15 is 0 Å². The minimum Gasteiger partial charge on any atom is -0.361 e. The summed E-state index contributed by atoms with van der Waals surface area (Å²) in [5.41, 5.74) is 3.41. The maximum Gasteiger partial charge on any atom is 0.251 e. The molecule has 1 heterocycles. The van der Waals surface area contributed by atoms with Crippen LogP contribution in [0.4, 0.5) is 5.69 Å². The van der Waals surface area contributed by atoms with E-state index < -0.39 is 0 Å². The van der Waals surface area contributed by atoms with Crippen LogP contribution in [0.5, 0.6) is 0 Å². The van der Waals surface area contributed by atoms with E-state index in [-0.39, 0.29) is 11.8 Å². The Kier molecular flexibility index (Phi) is 4.61. The number of carbonyl (C=O) groups excluding carboxylic acids is 2. The van der Waals surface area contributed by atoms with Gasteiger partial charge >= 0.3 is 0 Å². The van der Waals surface area contributed by atoms with Gasteiger partial charge in [-0.3, -0.25) is 9.59 Å². The molecule has 0 aliphatic carbocycles. The van der Waals surface area contributed by atoms with Crippen molar-refractivity contribution in [2.24, 2.45) is 0 Å². The number of aromatic amines is 1. The summed E-state index contributed by atoms with van der Waals surface area (Å²) in [5, 5.41) is 6.76. The van der Waals surface area contributed by atoms with Crippen LogP contribution in [0.1, 0.15) is 22.8 Å². The Morgan fingerprint density at radius 2 is 1.96 bits per heavy atom. The van der Waals surface area contributed by atoms with Crippen molar-refractivity contribution in [3.05, 3.63) is 65.9 Å². The molecule has 0 bridgehead atoms. The van der Waals surface area contributed by atoms with E-state index in [4.69, 9.17) is 0 Å². The second kappa shape index (κ2) is 7.00. The number of anilines is 1. The van der Waals surface area contributed by atoms with Gasteiger partial charge in [0, 0.05) is 36.4 Å². The van der Waals surface area contributed by atoms with Gasteiger partial charge in [0.05, 0.1) is 0 Å². The maximum atomic E-state index is 12.2. The molecule has 0 radical (unpaired) electrons. The predicted molar refractivity (Wildman–Crippen MR) is 95.1 cm³/mol. The molecule has 5 heteroatoms. The molecule has 2 amide bonds. The Hall–Kier alpha value is -3.08. The predicted octanol–water partition coefficient (Wildman–Crippen LogP) is 3.10. The molecule has 0 spiro atoms. The normalized spacial score (nSPS) is 10.5. The van der Waals surface area contributed by atoms with Gasteiger partial charge in [-0.1, -0.05) is 18.2 Å². The summed E-state index contributed by atoms with van der Waals surface area (Å²) < 4.78 is 0. The van der Waals surface area contributed by atoms with Crippen LogP contribution in [0.15, 0.2) is 54.7 Å². The number of hydrogen-bond acceptors (Lipinski definition) is 2. The number of fused-ring (bicyclic) bond motifs is 1. The lowest BCUT2D eigenvalue weighted by atomic mass is 10.1. The lowest BCUT2D eigenvalue weighted by molar-refractivity contribution is -0.114. The largest absolute Gasteiger partial charge is 0.361 e. The number of H-pyrrole nitrogens is 1. The standard InChI is InChI=1S/C19H19N3O2/c1-13(23)22-17-4-2-3-16(12-17)19(24)21-9-7-14-5-6-15-8-10-20-18(15)11-14/h2-6,8,10-12,20H,7,9H2,1H3,(H,21,24)(H,22,23). The number of benzene rings is 2. The van der Waals surface area contributed by atoms with Crippen LogP contribution >= 0.6 is 0 Å². The van der Waals surface area contributed by atoms with Crippen LogP contribution in [0.2, 0.25) is 0 Å². The smallest absolute Gasteiger partial charge is 0.251 e. The van der Waals surface area contributed by atoms with Crippen molar-refractivity contribution in [2.45, 2.75) is 13.3 Å². The topological polar surface area (TPSA) is 74.0 Å². The Bertz CT molecular complexity index is 883. The first-order valence-electron chi connectivity index (χ1n) is 7.84. The summed E-state index contributed by atoms with van der Waals surface area (Å²) in [4.78, 5) is 26.5. The van der Waals surface area contributed by atoms with Crippen LogP contribution in [0, 0.1) is 0 Å². The van der Waals surface area contributed by atoms with Gasteiger partial charge in [0.15, 0.2) is 0 Å². The van der Waals surface area contributed by atoms with E-state index in [9.17, 15) is 9.59 Å². The highest BCUT2D eigenvalue weighted by Gasteiger charge is 2.06. The number of rotatable bonds is 5. The third-order valence-corrected chi connectivity index (χ3v) is 3.76. The zero-order chi connectivity index (χ0) is 16.9. The molecule has 0 saturated carbocycles. The zero-order valence-corrected chi connectivity index (χ0v) is 13.4. The summed E-state index contributed by atoms with van der Waals surface area (Å²) in [5.74, 6) is -0.310. The van der Waals surface area contributed by atoms with Crippen LogP contribution in [-0.4, -0.2) is 23.3 Å². The van der Waals surface area contributed by atoms with Gasteiger partial charge in [-0.25, -0.2) is 0 Å². The Morgan fingerprint density at radius 3 is 2.79 bits per heavy atom. The molecule has 0 fully saturated rings. The van der Waals surface area contributed by atoms with Gasteiger partial charge < -0.3 is 15.6 Å². The molecule has 0 atom stereocenters. The van der Waals surface area contributed by atoms with Crippen molar-refractivity contribution in [1.82, 2.24) is 10.3 Å². The minimum absolute atomic E-state index is 0.150. The Morgan fingerprint density at radius 1 is 1.08 bits per heavy atom. The van der Waals surface area contributed by atoms with E-state index in [0.29, 0.717) is 17.8 Å². The summed E-state index contributed by atoms with van der Waals surface area (Å²) in [6, 6.07) is 15.2. The van der Waals surface area contributed by atoms with Crippen LogP contribution in [0.3, 0.4) is 0 Å². The van der Waals surface area contributed by atoms with Crippen molar-refractivity contribution >= 4 is 28.4 Å². The first-order chi connectivity index (χ1) is 11.6. The van der Waals surface area contributed by atoms with Gasteiger partial charge in [-0.15, -0.1) is 0 Å². The lowest BCUT2D eigenvalue weighted by Gasteiger charge is -2.08. The number of hydrogen-bond donors (Lipinski definition) is 3. The van der Waals surface area contributed by atoms with E-state index in [1.165, 1.54) is 12.3 Å². The monoisotopic (exact) mass is 321 g/mol. The van der Waals surface area contributed by atoms with Crippen LogP contribution in [0.25, 0.3) is 10.9 Å². The third kappa shape index (κ3) is 3.81. The van der Waals surface area contributed by atoms with E-state index in [0.717, 1.165) is 17.5 Å². The zero-order valence-electron chi connectivity index (χ0n) is 13.4. The molecule has 122 valence electrons. The molecule has 3 aromatic rings. The third-order valence-electron chi connectivity index (χ3n) is 3.76. The molecule has 5 nitrogen and oxygen atoms in total. The fourth-order valence-corrected chi connectivity index (χ4v) is 2.61. The van der Waals surface area contributed by atoms with E-state index in [2.05, 4.69) is 33.8 Å². The quantitative estimate of drug-likeness (QED) is 0.675. The lowest BCUT2D eigenvalue weighted by Crippen LogP contribution is -2.25. The number of amides is 2. The number of aromatic nitrogens is 1. The molecule has 3 rings (SSSR count). The van der Waals surface area contributed by atoms with Crippen LogP contribution < -0.4 is 10.6 Å². The first-order valence-corrected chi connectivity index (χ1v) is 7.84. The van der Waals surface area contributed by atoms with Gasteiger partial charge in [0.2, 0.25) is 5.91 Å². The minimum atomic E-state index is -0.160. The summed E-state index contributed by atoms with van der Waals surface area (Å²) in [6.07, 6.45) is 2.67. The fourth-order valence-electron chi connectivity index (χ4n) is 2.61.